The number of rotatable bonds is 3. The van der Waals surface area contributed by atoms with Crippen molar-refractivity contribution < 1.29 is 4.74 Å². The summed E-state index contributed by atoms with van der Waals surface area (Å²) in [4.78, 5) is 12.7. The van der Waals surface area contributed by atoms with E-state index in [2.05, 4.69) is 25.8 Å². The van der Waals surface area contributed by atoms with Crippen LogP contribution < -0.4 is 14.5 Å². The lowest BCUT2D eigenvalue weighted by molar-refractivity contribution is 0.396. The molecule has 3 rings (SSSR count). The Morgan fingerprint density at radius 1 is 1.13 bits per heavy atom. The van der Waals surface area contributed by atoms with Crippen LogP contribution in [0.3, 0.4) is 0 Å². The van der Waals surface area contributed by atoms with Crippen LogP contribution in [0.1, 0.15) is 5.56 Å². The van der Waals surface area contributed by atoms with Crippen LogP contribution in [0.5, 0.6) is 5.88 Å². The van der Waals surface area contributed by atoms with E-state index in [1.165, 1.54) is 6.33 Å². The Kier molecular flexibility index (Phi) is 4.49. The van der Waals surface area contributed by atoms with Crippen LogP contribution in [-0.4, -0.2) is 43.3 Å². The van der Waals surface area contributed by atoms with Crippen LogP contribution in [0.15, 0.2) is 30.6 Å². The van der Waals surface area contributed by atoms with Gasteiger partial charge in [0.1, 0.15) is 12.1 Å². The summed E-state index contributed by atoms with van der Waals surface area (Å²) in [5, 5.41) is 9.53. The van der Waals surface area contributed by atoms with E-state index in [0.717, 1.165) is 37.7 Å². The van der Waals surface area contributed by atoms with Crippen molar-refractivity contribution >= 4 is 23.1 Å². The summed E-state index contributed by atoms with van der Waals surface area (Å²) < 4.78 is 5.14. The number of halogens is 1. The minimum absolute atomic E-state index is 0.563. The van der Waals surface area contributed by atoms with E-state index < -0.39 is 0 Å². The van der Waals surface area contributed by atoms with E-state index in [0.29, 0.717) is 16.5 Å². The molecule has 0 amide bonds. The molecule has 1 aromatic heterocycles. The quantitative estimate of drug-likeness (QED) is 0.861. The first-order chi connectivity index (χ1) is 11.2. The standard InChI is InChI=1S/C16H16ClN5O/c1-23-16-9-15(19-11-20-16)22-6-4-21(5-7-22)14-3-2-12(10-18)8-13(14)17/h2-3,8-9,11H,4-7H2,1H3. The number of hydrogen-bond donors (Lipinski definition) is 0. The minimum Gasteiger partial charge on any atom is -0.481 e. The van der Waals surface area contributed by atoms with Crippen LogP contribution in [-0.2, 0) is 0 Å². The Bertz CT molecular complexity index is 737. The Balaban J connectivity index is 1.70. The summed E-state index contributed by atoms with van der Waals surface area (Å²) in [6.07, 6.45) is 1.51. The zero-order valence-electron chi connectivity index (χ0n) is 12.7. The highest BCUT2D eigenvalue weighted by Crippen LogP contribution is 2.28. The summed E-state index contributed by atoms with van der Waals surface area (Å²) >= 11 is 6.29. The topological polar surface area (TPSA) is 65.3 Å². The normalized spacial score (nSPS) is 14.5. The number of nitriles is 1. The Morgan fingerprint density at radius 2 is 1.87 bits per heavy atom. The van der Waals surface area contributed by atoms with Gasteiger partial charge in [0.2, 0.25) is 5.88 Å². The van der Waals surface area contributed by atoms with E-state index in [1.807, 2.05) is 12.1 Å². The second-order valence-electron chi connectivity index (χ2n) is 5.17. The highest BCUT2D eigenvalue weighted by molar-refractivity contribution is 6.33. The molecule has 0 saturated carbocycles. The summed E-state index contributed by atoms with van der Waals surface area (Å²) in [5.41, 5.74) is 1.54. The zero-order valence-corrected chi connectivity index (χ0v) is 13.5. The van der Waals surface area contributed by atoms with Crippen LogP contribution in [0.25, 0.3) is 0 Å². The van der Waals surface area contributed by atoms with Gasteiger partial charge in [-0.25, -0.2) is 9.97 Å². The molecule has 23 heavy (non-hydrogen) atoms. The van der Waals surface area contributed by atoms with Crippen LogP contribution in [0.4, 0.5) is 11.5 Å². The smallest absolute Gasteiger partial charge is 0.218 e. The van der Waals surface area contributed by atoms with Crippen molar-refractivity contribution in [2.75, 3.05) is 43.1 Å². The van der Waals surface area contributed by atoms with Crippen molar-refractivity contribution in [1.29, 1.82) is 5.26 Å². The van der Waals surface area contributed by atoms with Gasteiger partial charge in [0.15, 0.2) is 0 Å². The first-order valence-corrected chi connectivity index (χ1v) is 7.64. The van der Waals surface area contributed by atoms with E-state index >= 15 is 0 Å². The van der Waals surface area contributed by atoms with Gasteiger partial charge in [0.05, 0.1) is 29.5 Å². The fourth-order valence-electron chi connectivity index (χ4n) is 2.62. The fraction of sp³-hybridized carbons (Fsp3) is 0.312. The van der Waals surface area contributed by atoms with Crippen molar-refractivity contribution in [1.82, 2.24) is 9.97 Å². The summed E-state index contributed by atoms with van der Waals surface area (Å²) in [6.45, 7) is 3.32. The molecule has 6 nitrogen and oxygen atoms in total. The first kappa shape index (κ1) is 15.4. The van der Waals surface area contributed by atoms with Gasteiger partial charge in [-0.15, -0.1) is 0 Å². The van der Waals surface area contributed by atoms with Gasteiger partial charge in [-0.1, -0.05) is 11.6 Å². The predicted octanol–water partition coefficient (Wildman–Crippen LogP) is 2.34. The largest absolute Gasteiger partial charge is 0.481 e. The molecule has 1 fully saturated rings. The first-order valence-electron chi connectivity index (χ1n) is 7.27. The van der Waals surface area contributed by atoms with Crippen molar-refractivity contribution in [3.63, 3.8) is 0 Å². The van der Waals surface area contributed by atoms with Gasteiger partial charge in [0, 0.05) is 32.2 Å². The number of anilines is 2. The third kappa shape index (κ3) is 3.30. The van der Waals surface area contributed by atoms with Crippen molar-refractivity contribution in [2.45, 2.75) is 0 Å². The highest BCUT2D eigenvalue weighted by atomic mass is 35.5. The summed E-state index contributed by atoms with van der Waals surface area (Å²) in [6, 6.07) is 9.35. The van der Waals surface area contributed by atoms with Gasteiger partial charge in [-0.05, 0) is 18.2 Å². The number of methoxy groups -OCH3 is 1. The number of hydrogen-bond acceptors (Lipinski definition) is 6. The van der Waals surface area contributed by atoms with E-state index in [9.17, 15) is 0 Å². The maximum Gasteiger partial charge on any atom is 0.218 e. The van der Waals surface area contributed by atoms with Gasteiger partial charge >= 0.3 is 0 Å². The van der Waals surface area contributed by atoms with E-state index in [-0.39, 0.29) is 0 Å². The van der Waals surface area contributed by atoms with Crippen molar-refractivity contribution in [3.8, 4) is 11.9 Å². The molecular weight excluding hydrogens is 314 g/mol. The average molecular weight is 330 g/mol. The maximum atomic E-state index is 8.92. The van der Waals surface area contributed by atoms with Gasteiger partial charge < -0.3 is 14.5 Å². The van der Waals surface area contributed by atoms with Crippen LogP contribution in [0.2, 0.25) is 5.02 Å². The lowest BCUT2D eigenvalue weighted by Crippen LogP contribution is -2.47. The molecule has 0 aliphatic carbocycles. The lowest BCUT2D eigenvalue weighted by Gasteiger charge is -2.37. The molecule has 1 aliphatic heterocycles. The Morgan fingerprint density at radius 3 is 2.52 bits per heavy atom. The molecule has 0 radical (unpaired) electrons. The van der Waals surface area contributed by atoms with Gasteiger partial charge in [0.25, 0.3) is 0 Å². The molecule has 118 valence electrons. The van der Waals surface area contributed by atoms with Crippen LogP contribution >= 0.6 is 11.6 Å². The predicted molar refractivity (Wildman–Crippen MR) is 89.2 cm³/mol. The van der Waals surface area contributed by atoms with Gasteiger partial charge in [-0.2, -0.15) is 5.26 Å². The average Bonchev–Trinajstić information content (AvgIpc) is 2.62. The van der Waals surface area contributed by atoms with E-state index in [1.54, 1.807) is 19.2 Å². The van der Waals surface area contributed by atoms with Gasteiger partial charge in [-0.3, -0.25) is 0 Å². The molecule has 1 aliphatic rings. The number of aromatic nitrogens is 2. The monoisotopic (exact) mass is 329 g/mol. The maximum absolute atomic E-state index is 8.92. The number of benzene rings is 1. The molecule has 2 aromatic rings. The second kappa shape index (κ2) is 6.71. The molecule has 0 bridgehead atoms. The molecule has 1 saturated heterocycles. The SMILES string of the molecule is COc1cc(N2CCN(c3ccc(C#N)cc3Cl)CC2)ncn1. The molecule has 0 atom stereocenters. The third-order valence-electron chi connectivity index (χ3n) is 3.86. The Labute approximate surface area is 139 Å². The molecule has 0 N–H and O–H groups in total. The summed E-state index contributed by atoms with van der Waals surface area (Å²) in [7, 11) is 1.59. The third-order valence-corrected chi connectivity index (χ3v) is 4.16. The summed E-state index contributed by atoms with van der Waals surface area (Å²) in [5.74, 6) is 1.43. The highest BCUT2D eigenvalue weighted by Gasteiger charge is 2.20. The number of piperazine rings is 1. The van der Waals surface area contributed by atoms with Crippen LogP contribution in [0, 0.1) is 11.3 Å². The number of nitrogens with zero attached hydrogens (tertiary/aromatic N) is 5. The fourth-order valence-corrected chi connectivity index (χ4v) is 2.92. The molecular formula is C16H16ClN5O. The molecule has 2 heterocycles. The van der Waals surface area contributed by atoms with E-state index in [4.69, 9.17) is 21.6 Å². The van der Waals surface area contributed by atoms with Crippen molar-refractivity contribution in [2.24, 2.45) is 0 Å². The lowest BCUT2D eigenvalue weighted by atomic mass is 10.2. The molecule has 0 unspecified atom stereocenters. The zero-order chi connectivity index (χ0) is 16.2. The number of ether oxygens (including phenoxy) is 1. The Hall–Kier alpha value is -2.52. The molecule has 0 spiro atoms. The second-order valence-corrected chi connectivity index (χ2v) is 5.58. The molecule has 1 aromatic carbocycles. The molecule has 7 heteroatoms. The van der Waals surface area contributed by atoms with Crippen molar-refractivity contribution in [3.05, 3.63) is 41.2 Å². The minimum atomic E-state index is 0.563.